The number of ether oxygens (including phenoxy) is 1. The van der Waals surface area contributed by atoms with E-state index in [-0.39, 0.29) is 24.9 Å². The summed E-state index contributed by atoms with van der Waals surface area (Å²) in [6.45, 7) is 3.97. The molecule has 0 N–H and O–H groups in total. The number of carbonyl (C=O) groups excluding carboxylic acids is 1. The monoisotopic (exact) mass is 217 g/mol. The maximum absolute atomic E-state index is 11.4. The van der Waals surface area contributed by atoms with Crippen LogP contribution in [0.25, 0.3) is 0 Å². The number of esters is 1. The van der Waals surface area contributed by atoms with Gasteiger partial charge >= 0.3 is 5.97 Å². The Morgan fingerprint density at radius 1 is 1.44 bits per heavy atom. The van der Waals surface area contributed by atoms with Crippen molar-refractivity contribution in [3.8, 4) is 6.07 Å². The molecule has 0 spiro atoms. The van der Waals surface area contributed by atoms with Crippen LogP contribution in [0.15, 0.2) is 24.3 Å². The lowest BCUT2D eigenvalue weighted by Crippen LogP contribution is -2.14. The molecular weight excluding hydrogens is 202 g/mol. The van der Waals surface area contributed by atoms with Crippen LogP contribution < -0.4 is 0 Å². The molecule has 0 amide bonds. The van der Waals surface area contributed by atoms with Crippen molar-refractivity contribution in [3.63, 3.8) is 0 Å². The Morgan fingerprint density at radius 3 is 2.62 bits per heavy atom. The van der Waals surface area contributed by atoms with E-state index in [1.807, 2.05) is 37.3 Å². The quantitative estimate of drug-likeness (QED) is 0.728. The van der Waals surface area contributed by atoms with Crippen LogP contribution in [0.5, 0.6) is 0 Å². The molecule has 0 fully saturated rings. The first-order valence-corrected chi connectivity index (χ1v) is 5.22. The van der Waals surface area contributed by atoms with E-state index in [0.717, 1.165) is 5.56 Å². The van der Waals surface area contributed by atoms with Crippen LogP contribution in [0.4, 0.5) is 0 Å². The SMILES string of the molecule is Cc1ccc(COC(=O)C(C)CC#N)cc1. The molecule has 1 rings (SSSR count). The smallest absolute Gasteiger partial charge is 0.310 e. The molecule has 3 nitrogen and oxygen atoms in total. The van der Waals surface area contributed by atoms with Crippen LogP contribution in [0.1, 0.15) is 24.5 Å². The number of hydrogen-bond acceptors (Lipinski definition) is 3. The standard InChI is InChI=1S/C13H15NO2/c1-10-3-5-12(6-4-10)9-16-13(15)11(2)7-8-14/h3-6,11H,7,9H2,1-2H3. The van der Waals surface area contributed by atoms with Crippen molar-refractivity contribution in [1.82, 2.24) is 0 Å². The van der Waals surface area contributed by atoms with E-state index in [2.05, 4.69) is 0 Å². The zero-order valence-electron chi connectivity index (χ0n) is 9.56. The van der Waals surface area contributed by atoms with Gasteiger partial charge in [0, 0.05) is 6.42 Å². The fourth-order valence-electron chi connectivity index (χ4n) is 1.20. The van der Waals surface area contributed by atoms with Gasteiger partial charge in [-0.2, -0.15) is 5.26 Å². The van der Waals surface area contributed by atoms with Crippen LogP contribution in [0, 0.1) is 24.2 Å². The predicted molar refractivity (Wildman–Crippen MR) is 60.4 cm³/mol. The first-order chi connectivity index (χ1) is 7.63. The van der Waals surface area contributed by atoms with E-state index in [4.69, 9.17) is 10.00 Å². The highest BCUT2D eigenvalue weighted by Gasteiger charge is 2.13. The number of hydrogen-bond donors (Lipinski definition) is 0. The Bertz CT molecular complexity index is 389. The summed E-state index contributed by atoms with van der Waals surface area (Å²) < 4.78 is 5.09. The lowest BCUT2D eigenvalue weighted by molar-refractivity contribution is -0.149. The molecular formula is C13H15NO2. The van der Waals surface area contributed by atoms with Gasteiger partial charge in [-0.15, -0.1) is 0 Å². The number of carbonyl (C=O) groups is 1. The Kier molecular flexibility index (Phi) is 4.53. The molecule has 0 saturated heterocycles. The van der Waals surface area contributed by atoms with Crippen molar-refractivity contribution in [2.75, 3.05) is 0 Å². The fraction of sp³-hybridized carbons (Fsp3) is 0.385. The third-order valence-corrected chi connectivity index (χ3v) is 2.30. The number of rotatable bonds is 4. The van der Waals surface area contributed by atoms with E-state index < -0.39 is 0 Å². The fourth-order valence-corrected chi connectivity index (χ4v) is 1.20. The lowest BCUT2D eigenvalue weighted by atomic mass is 10.1. The van der Waals surface area contributed by atoms with Gasteiger partial charge in [0.25, 0.3) is 0 Å². The maximum Gasteiger partial charge on any atom is 0.310 e. The molecule has 0 aromatic heterocycles. The molecule has 3 heteroatoms. The van der Waals surface area contributed by atoms with Crippen LogP contribution in [0.2, 0.25) is 0 Å². The lowest BCUT2D eigenvalue weighted by Gasteiger charge is -2.08. The molecule has 0 aliphatic carbocycles. The molecule has 0 saturated carbocycles. The Labute approximate surface area is 95.7 Å². The highest BCUT2D eigenvalue weighted by molar-refractivity contribution is 5.72. The van der Waals surface area contributed by atoms with Crippen LogP contribution in [-0.2, 0) is 16.1 Å². The van der Waals surface area contributed by atoms with Gasteiger partial charge in [-0.25, -0.2) is 0 Å². The van der Waals surface area contributed by atoms with Crippen molar-refractivity contribution in [2.45, 2.75) is 26.9 Å². The minimum Gasteiger partial charge on any atom is -0.461 e. The summed E-state index contributed by atoms with van der Waals surface area (Å²) in [7, 11) is 0. The Balaban J connectivity index is 2.43. The highest BCUT2D eigenvalue weighted by atomic mass is 16.5. The van der Waals surface area contributed by atoms with Crippen molar-refractivity contribution >= 4 is 5.97 Å². The van der Waals surface area contributed by atoms with E-state index in [1.165, 1.54) is 5.56 Å². The predicted octanol–water partition coefficient (Wildman–Crippen LogP) is 2.59. The summed E-state index contributed by atoms with van der Waals surface area (Å²) in [6, 6.07) is 9.76. The molecule has 0 radical (unpaired) electrons. The molecule has 0 aliphatic heterocycles. The second kappa shape index (κ2) is 5.92. The van der Waals surface area contributed by atoms with E-state index in [0.29, 0.717) is 0 Å². The van der Waals surface area contributed by atoms with Gasteiger partial charge in [-0.1, -0.05) is 36.8 Å². The van der Waals surface area contributed by atoms with Gasteiger partial charge in [-0.05, 0) is 12.5 Å². The Morgan fingerprint density at radius 2 is 2.06 bits per heavy atom. The zero-order chi connectivity index (χ0) is 12.0. The summed E-state index contributed by atoms with van der Waals surface area (Å²) >= 11 is 0. The van der Waals surface area contributed by atoms with Crippen LogP contribution >= 0.6 is 0 Å². The molecule has 1 unspecified atom stereocenters. The van der Waals surface area contributed by atoms with Gasteiger partial charge < -0.3 is 4.74 Å². The number of nitrogens with zero attached hydrogens (tertiary/aromatic N) is 1. The summed E-state index contributed by atoms with van der Waals surface area (Å²) in [6.07, 6.45) is 0.201. The molecule has 1 atom stereocenters. The van der Waals surface area contributed by atoms with Crippen molar-refractivity contribution in [1.29, 1.82) is 5.26 Å². The third-order valence-electron chi connectivity index (χ3n) is 2.30. The molecule has 0 aliphatic rings. The minimum atomic E-state index is -0.351. The van der Waals surface area contributed by atoms with Gasteiger partial charge in [0.2, 0.25) is 0 Å². The van der Waals surface area contributed by atoms with Gasteiger partial charge in [0.1, 0.15) is 6.61 Å². The summed E-state index contributed by atoms with van der Waals surface area (Å²) in [4.78, 5) is 11.4. The number of benzene rings is 1. The summed E-state index contributed by atoms with van der Waals surface area (Å²) in [5.74, 6) is -0.669. The topological polar surface area (TPSA) is 50.1 Å². The van der Waals surface area contributed by atoms with Crippen LogP contribution in [-0.4, -0.2) is 5.97 Å². The molecule has 0 heterocycles. The Hall–Kier alpha value is -1.82. The first kappa shape index (κ1) is 12.3. The van der Waals surface area contributed by atoms with Crippen molar-refractivity contribution in [3.05, 3.63) is 35.4 Å². The number of nitriles is 1. The average molecular weight is 217 g/mol. The van der Waals surface area contributed by atoms with E-state index in [9.17, 15) is 4.79 Å². The van der Waals surface area contributed by atoms with Crippen molar-refractivity contribution in [2.24, 2.45) is 5.92 Å². The zero-order valence-corrected chi connectivity index (χ0v) is 9.56. The second-order valence-corrected chi connectivity index (χ2v) is 3.86. The van der Waals surface area contributed by atoms with Gasteiger partial charge in [0.05, 0.1) is 12.0 Å². The maximum atomic E-state index is 11.4. The number of aryl methyl sites for hydroxylation is 1. The molecule has 0 bridgehead atoms. The molecule has 1 aromatic rings. The summed E-state index contributed by atoms with van der Waals surface area (Å²) in [5.41, 5.74) is 2.14. The van der Waals surface area contributed by atoms with E-state index >= 15 is 0 Å². The third kappa shape index (κ3) is 3.74. The van der Waals surface area contributed by atoms with Gasteiger partial charge in [-0.3, -0.25) is 4.79 Å². The summed E-state index contributed by atoms with van der Waals surface area (Å²) in [5, 5.41) is 8.44. The molecule has 84 valence electrons. The normalized spacial score (nSPS) is 11.6. The first-order valence-electron chi connectivity index (χ1n) is 5.22. The highest BCUT2D eigenvalue weighted by Crippen LogP contribution is 2.08. The van der Waals surface area contributed by atoms with Crippen molar-refractivity contribution < 1.29 is 9.53 Å². The van der Waals surface area contributed by atoms with Crippen LogP contribution in [0.3, 0.4) is 0 Å². The molecule has 1 aromatic carbocycles. The molecule has 16 heavy (non-hydrogen) atoms. The van der Waals surface area contributed by atoms with E-state index in [1.54, 1.807) is 6.92 Å². The average Bonchev–Trinajstić information content (AvgIpc) is 2.28. The second-order valence-electron chi connectivity index (χ2n) is 3.86. The minimum absolute atomic E-state index is 0.201. The largest absolute Gasteiger partial charge is 0.461 e. The van der Waals surface area contributed by atoms with Gasteiger partial charge in [0.15, 0.2) is 0 Å².